The molecule has 0 aliphatic heterocycles. The normalized spacial score (nSPS) is 16.1. The molecule has 0 radical (unpaired) electrons. The fraction of sp³-hybridized carbons (Fsp3) is 0.292. The third kappa shape index (κ3) is 5.02. The predicted molar refractivity (Wildman–Crippen MR) is 117 cm³/mol. The molecule has 1 heterocycles. The molecule has 0 saturated heterocycles. The van der Waals surface area contributed by atoms with Gasteiger partial charge in [-0.25, -0.2) is 4.31 Å². The van der Waals surface area contributed by atoms with Crippen LogP contribution >= 0.6 is 11.9 Å². The zero-order valence-electron chi connectivity index (χ0n) is 16.3. The lowest BCUT2D eigenvalue weighted by Crippen LogP contribution is -2.25. The van der Waals surface area contributed by atoms with Crippen molar-refractivity contribution in [3.05, 3.63) is 95.3 Å². The zero-order chi connectivity index (χ0) is 19.2. The van der Waals surface area contributed by atoms with E-state index in [1.807, 2.05) is 12.3 Å². The van der Waals surface area contributed by atoms with Crippen LogP contribution in [0.25, 0.3) is 0 Å². The predicted octanol–water partition coefficient (Wildman–Crippen LogP) is 5.39. The van der Waals surface area contributed by atoms with E-state index in [0.29, 0.717) is 6.04 Å². The van der Waals surface area contributed by atoms with Crippen LogP contribution in [0.2, 0.25) is 0 Å². The average molecular weight is 390 g/mol. The van der Waals surface area contributed by atoms with E-state index in [4.69, 9.17) is 0 Å². The van der Waals surface area contributed by atoms with E-state index in [1.54, 1.807) is 11.9 Å². The Morgan fingerprint density at radius 1 is 1.00 bits per heavy atom. The quantitative estimate of drug-likeness (QED) is 0.549. The Morgan fingerprint density at radius 2 is 1.82 bits per heavy atom. The molecule has 0 bridgehead atoms. The van der Waals surface area contributed by atoms with Crippen molar-refractivity contribution in [2.24, 2.45) is 0 Å². The summed E-state index contributed by atoms with van der Waals surface area (Å²) < 4.78 is 2.27. The molecule has 1 aliphatic rings. The molecule has 1 aliphatic carbocycles. The smallest absolute Gasteiger partial charge is 0.0605 e. The van der Waals surface area contributed by atoms with Crippen molar-refractivity contribution in [1.29, 1.82) is 0 Å². The minimum absolute atomic E-state index is 0.371. The van der Waals surface area contributed by atoms with Crippen molar-refractivity contribution >= 4 is 11.9 Å². The molecule has 2 aromatic carbocycles. The molecule has 1 atom stereocenters. The van der Waals surface area contributed by atoms with Gasteiger partial charge in [0.1, 0.15) is 0 Å². The van der Waals surface area contributed by atoms with Gasteiger partial charge < -0.3 is 5.32 Å². The number of pyridine rings is 1. The van der Waals surface area contributed by atoms with Crippen molar-refractivity contribution in [2.75, 3.05) is 7.05 Å². The first kappa shape index (κ1) is 19.2. The van der Waals surface area contributed by atoms with E-state index in [2.05, 4.69) is 82.3 Å². The molecule has 4 rings (SSSR count). The van der Waals surface area contributed by atoms with Crippen LogP contribution in [0.1, 0.15) is 41.3 Å². The molecule has 1 unspecified atom stereocenters. The van der Waals surface area contributed by atoms with E-state index in [-0.39, 0.29) is 0 Å². The summed E-state index contributed by atoms with van der Waals surface area (Å²) in [6.45, 7) is 1.81. The van der Waals surface area contributed by atoms with E-state index in [0.717, 1.165) is 19.5 Å². The molecule has 1 aromatic heterocycles. The van der Waals surface area contributed by atoms with E-state index in [9.17, 15) is 0 Å². The number of nitrogens with one attached hydrogen (secondary N) is 1. The highest BCUT2D eigenvalue weighted by atomic mass is 32.2. The third-order valence-corrected chi connectivity index (χ3v) is 6.10. The van der Waals surface area contributed by atoms with Gasteiger partial charge in [-0.1, -0.05) is 48.5 Å². The topological polar surface area (TPSA) is 28.2 Å². The molecule has 0 amide bonds. The van der Waals surface area contributed by atoms with Crippen molar-refractivity contribution in [2.45, 2.75) is 43.3 Å². The molecule has 3 nitrogen and oxygen atoms in total. The molecular weight excluding hydrogens is 362 g/mol. The van der Waals surface area contributed by atoms with Gasteiger partial charge in [0.2, 0.25) is 0 Å². The summed E-state index contributed by atoms with van der Waals surface area (Å²) in [6, 6.07) is 24.1. The van der Waals surface area contributed by atoms with E-state index in [1.165, 1.54) is 40.1 Å². The summed E-state index contributed by atoms with van der Waals surface area (Å²) in [4.78, 5) is 5.89. The Kier molecular flexibility index (Phi) is 6.42. The zero-order valence-corrected chi connectivity index (χ0v) is 17.2. The van der Waals surface area contributed by atoms with Gasteiger partial charge in [0.15, 0.2) is 0 Å². The second-order valence-corrected chi connectivity index (χ2v) is 8.66. The largest absolute Gasteiger partial charge is 0.305 e. The Hall–Kier alpha value is -2.14. The highest BCUT2D eigenvalue weighted by Gasteiger charge is 2.20. The van der Waals surface area contributed by atoms with Crippen LogP contribution < -0.4 is 5.32 Å². The van der Waals surface area contributed by atoms with Crippen molar-refractivity contribution < 1.29 is 0 Å². The summed E-state index contributed by atoms with van der Waals surface area (Å²) in [6.07, 6.45) is 5.47. The third-order valence-electron chi connectivity index (χ3n) is 5.18. The van der Waals surface area contributed by atoms with Crippen LogP contribution in [0.15, 0.2) is 77.8 Å². The van der Waals surface area contributed by atoms with Gasteiger partial charge in [0, 0.05) is 24.2 Å². The first-order chi connectivity index (χ1) is 13.8. The maximum atomic E-state index is 4.62. The molecule has 0 spiro atoms. The summed E-state index contributed by atoms with van der Waals surface area (Å²) in [5.74, 6) is 0. The first-order valence-electron chi connectivity index (χ1n) is 9.97. The summed E-state index contributed by atoms with van der Waals surface area (Å²) in [5, 5.41) is 3.71. The van der Waals surface area contributed by atoms with Gasteiger partial charge in [-0.05, 0) is 73.1 Å². The van der Waals surface area contributed by atoms with Crippen molar-refractivity contribution in [3.63, 3.8) is 0 Å². The highest BCUT2D eigenvalue weighted by molar-refractivity contribution is 7.97. The minimum Gasteiger partial charge on any atom is -0.305 e. The monoisotopic (exact) mass is 389 g/mol. The number of aromatic nitrogens is 1. The molecule has 1 N–H and O–H groups in total. The highest BCUT2D eigenvalue weighted by Crippen LogP contribution is 2.28. The number of fused-ring (bicyclic) bond motifs is 1. The Morgan fingerprint density at radius 3 is 2.64 bits per heavy atom. The second-order valence-electron chi connectivity index (χ2n) is 7.38. The standard InChI is InChI=1S/C24H27N3S/c1-27(18-20-7-3-2-4-8-20)28-22-14-12-19(13-15-22)17-26-23-11-5-9-21-10-6-16-25-24(21)23/h2-4,6-8,10,12-16,23,26H,5,9,11,17-18H2,1H3. The average Bonchev–Trinajstić information content (AvgIpc) is 2.74. The van der Waals surface area contributed by atoms with Crippen LogP contribution in [-0.2, 0) is 19.5 Å². The maximum absolute atomic E-state index is 4.62. The fourth-order valence-electron chi connectivity index (χ4n) is 3.77. The lowest BCUT2D eigenvalue weighted by molar-refractivity contribution is 0.447. The maximum Gasteiger partial charge on any atom is 0.0605 e. The lowest BCUT2D eigenvalue weighted by atomic mass is 9.92. The van der Waals surface area contributed by atoms with Crippen molar-refractivity contribution in [3.8, 4) is 0 Å². The number of hydrogen-bond donors (Lipinski definition) is 1. The fourth-order valence-corrected chi connectivity index (χ4v) is 4.60. The molecule has 28 heavy (non-hydrogen) atoms. The number of nitrogens with zero attached hydrogens (tertiary/aromatic N) is 2. The van der Waals surface area contributed by atoms with Gasteiger partial charge in [0.25, 0.3) is 0 Å². The van der Waals surface area contributed by atoms with Gasteiger partial charge in [-0.15, -0.1) is 0 Å². The van der Waals surface area contributed by atoms with Crippen LogP contribution in [0.4, 0.5) is 0 Å². The van der Waals surface area contributed by atoms with Crippen molar-refractivity contribution in [1.82, 2.24) is 14.6 Å². The van der Waals surface area contributed by atoms with Crippen LogP contribution in [-0.4, -0.2) is 16.3 Å². The van der Waals surface area contributed by atoms with E-state index < -0.39 is 0 Å². The second kappa shape index (κ2) is 9.37. The van der Waals surface area contributed by atoms with E-state index >= 15 is 0 Å². The summed E-state index contributed by atoms with van der Waals surface area (Å²) >= 11 is 1.79. The van der Waals surface area contributed by atoms with Gasteiger partial charge in [0.05, 0.1) is 11.7 Å². The number of rotatable bonds is 7. The summed E-state index contributed by atoms with van der Waals surface area (Å²) in [5.41, 5.74) is 5.29. The first-order valence-corrected chi connectivity index (χ1v) is 10.7. The molecule has 3 aromatic rings. The van der Waals surface area contributed by atoms with Crippen LogP contribution in [0, 0.1) is 0 Å². The number of hydrogen-bond acceptors (Lipinski definition) is 4. The van der Waals surface area contributed by atoms with Gasteiger partial charge >= 0.3 is 0 Å². The number of aryl methyl sites for hydroxylation is 1. The molecule has 0 saturated carbocycles. The Bertz CT molecular complexity index is 880. The van der Waals surface area contributed by atoms with Gasteiger partial charge in [-0.3, -0.25) is 4.98 Å². The SMILES string of the molecule is CN(Cc1ccccc1)Sc1ccc(CNC2CCCc3cccnc32)cc1. The van der Waals surface area contributed by atoms with Crippen LogP contribution in [0.5, 0.6) is 0 Å². The summed E-state index contributed by atoms with van der Waals surface area (Å²) in [7, 11) is 2.14. The van der Waals surface area contributed by atoms with Crippen LogP contribution in [0.3, 0.4) is 0 Å². The lowest BCUT2D eigenvalue weighted by Gasteiger charge is -2.25. The molecule has 4 heteroatoms. The van der Waals surface area contributed by atoms with Gasteiger partial charge in [-0.2, -0.15) is 0 Å². The molecule has 144 valence electrons. The number of benzene rings is 2. The molecule has 0 fully saturated rings. The Labute approximate surface area is 172 Å². The molecular formula is C24H27N3S. The Balaban J connectivity index is 1.30. The minimum atomic E-state index is 0.371.